The van der Waals surface area contributed by atoms with Crippen molar-refractivity contribution in [1.82, 2.24) is 5.32 Å². The molecular formula is C17H24FNO2. The first-order chi connectivity index (χ1) is 10.1. The summed E-state index contributed by atoms with van der Waals surface area (Å²) in [6.07, 6.45) is 7.13. The molecule has 0 radical (unpaired) electrons. The minimum Gasteiger partial charge on any atom is -0.388 e. The summed E-state index contributed by atoms with van der Waals surface area (Å²) in [6.45, 7) is 0. The van der Waals surface area contributed by atoms with Gasteiger partial charge in [0.2, 0.25) is 5.91 Å². The van der Waals surface area contributed by atoms with Crippen molar-refractivity contribution in [1.29, 1.82) is 0 Å². The third-order valence-corrected chi connectivity index (χ3v) is 4.08. The van der Waals surface area contributed by atoms with Crippen molar-refractivity contribution in [2.75, 3.05) is 0 Å². The molecule has 1 unspecified atom stereocenters. The molecule has 1 fully saturated rings. The van der Waals surface area contributed by atoms with Crippen LogP contribution in [0.4, 0.5) is 4.39 Å². The van der Waals surface area contributed by atoms with E-state index in [0.29, 0.717) is 5.56 Å². The van der Waals surface area contributed by atoms with Crippen molar-refractivity contribution in [3.8, 4) is 0 Å². The summed E-state index contributed by atoms with van der Waals surface area (Å²) in [5, 5.41) is 13.0. The second-order valence-electron chi connectivity index (χ2n) is 5.88. The monoisotopic (exact) mass is 293 g/mol. The minimum atomic E-state index is -0.950. The van der Waals surface area contributed by atoms with E-state index in [0.717, 1.165) is 25.7 Å². The molecule has 1 amide bonds. The molecule has 4 heteroatoms. The molecule has 3 nitrogen and oxygen atoms in total. The number of halogens is 1. The van der Waals surface area contributed by atoms with E-state index < -0.39 is 11.9 Å². The lowest BCUT2D eigenvalue weighted by Gasteiger charge is -2.21. The predicted molar refractivity (Wildman–Crippen MR) is 80.2 cm³/mol. The molecule has 0 spiro atoms. The number of aliphatic hydroxyl groups excluding tert-OH is 1. The van der Waals surface area contributed by atoms with Gasteiger partial charge in [-0.25, -0.2) is 4.39 Å². The highest BCUT2D eigenvalue weighted by Crippen LogP contribution is 2.19. The van der Waals surface area contributed by atoms with E-state index in [1.807, 2.05) is 0 Å². The Labute approximate surface area is 125 Å². The summed E-state index contributed by atoms with van der Waals surface area (Å²) in [4.78, 5) is 12.0. The first-order valence-electron chi connectivity index (χ1n) is 7.88. The number of hydrogen-bond acceptors (Lipinski definition) is 2. The number of rotatable bonds is 4. The van der Waals surface area contributed by atoms with Gasteiger partial charge < -0.3 is 10.4 Å². The maximum absolute atomic E-state index is 13.1. The van der Waals surface area contributed by atoms with Gasteiger partial charge in [0.1, 0.15) is 5.82 Å². The number of benzene rings is 1. The Morgan fingerprint density at radius 2 is 1.90 bits per heavy atom. The summed E-state index contributed by atoms with van der Waals surface area (Å²) >= 11 is 0. The molecule has 1 saturated carbocycles. The molecule has 1 aromatic carbocycles. The predicted octanol–water partition coefficient (Wildman–Crippen LogP) is 3.48. The van der Waals surface area contributed by atoms with Crippen LogP contribution in [0.2, 0.25) is 0 Å². The lowest BCUT2D eigenvalue weighted by Crippen LogP contribution is -2.36. The number of carbonyl (C=O) groups is 1. The Bertz CT molecular complexity index is 456. The van der Waals surface area contributed by atoms with Crippen LogP contribution >= 0.6 is 0 Å². The van der Waals surface area contributed by atoms with Gasteiger partial charge >= 0.3 is 0 Å². The number of nitrogens with one attached hydrogen (secondary N) is 1. The lowest BCUT2D eigenvalue weighted by atomic mass is 9.96. The van der Waals surface area contributed by atoms with E-state index in [-0.39, 0.29) is 18.4 Å². The third kappa shape index (κ3) is 5.46. The largest absolute Gasteiger partial charge is 0.388 e. The van der Waals surface area contributed by atoms with Gasteiger partial charge in [-0.1, -0.05) is 44.2 Å². The second kappa shape index (κ2) is 8.13. The molecule has 116 valence electrons. The second-order valence-corrected chi connectivity index (χ2v) is 5.88. The van der Waals surface area contributed by atoms with Crippen molar-refractivity contribution in [2.24, 2.45) is 0 Å². The molecule has 1 aliphatic rings. The van der Waals surface area contributed by atoms with Crippen molar-refractivity contribution < 1.29 is 14.3 Å². The molecule has 0 aromatic heterocycles. The van der Waals surface area contributed by atoms with Crippen LogP contribution in [0.1, 0.15) is 63.0 Å². The average molecular weight is 293 g/mol. The summed E-state index contributed by atoms with van der Waals surface area (Å²) in [5.41, 5.74) is 0.447. The molecule has 2 N–H and O–H groups in total. The molecule has 0 bridgehead atoms. The fourth-order valence-corrected chi connectivity index (χ4v) is 2.89. The standard InChI is InChI=1S/C17H24FNO2/c18-14-8-6-7-13(11-14)16(20)12-17(21)19-15-9-4-2-1-3-5-10-15/h6-8,11,15-16,20H,1-5,9-10,12H2,(H,19,21). The molecule has 0 heterocycles. The SMILES string of the molecule is O=C(CC(O)c1cccc(F)c1)NC1CCCCCCC1. The van der Waals surface area contributed by atoms with Crippen molar-refractivity contribution in [3.05, 3.63) is 35.6 Å². The van der Waals surface area contributed by atoms with E-state index in [9.17, 15) is 14.3 Å². The van der Waals surface area contributed by atoms with Crippen LogP contribution in [0.3, 0.4) is 0 Å². The Hall–Kier alpha value is -1.42. The number of aliphatic hydroxyl groups is 1. The maximum Gasteiger partial charge on any atom is 0.223 e. The third-order valence-electron chi connectivity index (χ3n) is 4.08. The van der Waals surface area contributed by atoms with Crippen LogP contribution in [0.5, 0.6) is 0 Å². The molecular weight excluding hydrogens is 269 g/mol. The maximum atomic E-state index is 13.1. The van der Waals surface area contributed by atoms with Gasteiger partial charge in [0.05, 0.1) is 12.5 Å². The molecule has 0 saturated heterocycles. The molecule has 1 aromatic rings. The van der Waals surface area contributed by atoms with Gasteiger partial charge in [-0.3, -0.25) is 4.79 Å². The zero-order chi connectivity index (χ0) is 15.1. The lowest BCUT2D eigenvalue weighted by molar-refractivity contribution is -0.123. The van der Waals surface area contributed by atoms with Crippen LogP contribution in [-0.2, 0) is 4.79 Å². The van der Waals surface area contributed by atoms with Crippen molar-refractivity contribution >= 4 is 5.91 Å². The van der Waals surface area contributed by atoms with Gasteiger partial charge in [0.15, 0.2) is 0 Å². The molecule has 1 atom stereocenters. The fraction of sp³-hybridized carbons (Fsp3) is 0.588. The van der Waals surface area contributed by atoms with Gasteiger partial charge in [-0.15, -0.1) is 0 Å². The van der Waals surface area contributed by atoms with Crippen LogP contribution in [0.25, 0.3) is 0 Å². The van der Waals surface area contributed by atoms with Gasteiger partial charge in [-0.2, -0.15) is 0 Å². The topological polar surface area (TPSA) is 49.3 Å². The quantitative estimate of drug-likeness (QED) is 0.893. The van der Waals surface area contributed by atoms with E-state index >= 15 is 0 Å². The highest BCUT2D eigenvalue weighted by Gasteiger charge is 2.17. The summed E-state index contributed by atoms with van der Waals surface area (Å²) in [5.74, 6) is -0.552. The minimum absolute atomic E-state index is 0.0139. The Morgan fingerprint density at radius 3 is 2.57 bits per heavy atom. The smallest absolute Gasteiger partial charge is 0.223 e. The van der Waals surface area contributed by atoms with Crippen molar-refractivity contribution in [3.63, 3.8) is 0 Å². The zero-order valence-electron chi connectivity index (χ0n) is 12.4. The normalized spacial score (nSPS) is 18.6. The van der Waals surface area contributed by atoms with Gasteiger partial charge in [0.25, 0.3) is 0 Å². The Morgan fingerprint density at radius 1 is 1.24 bits per heavy atom. The molecule has 21 heavy (non-hydrogen) atoms. The van der Waals surface area contributed by atoms with E-state index in [1.165, 1.54) is 31.4 Å². The summed E-state index contributed by atoms with van der Waals surface area (Å²) in [6, 6.07) is 5.99. The van der Waals surface area contributed by atoms with Gasteiger partial charge in [-0.05, 0) is 30.5 Å². The van der Waals surface area contributed by atoms with E-state index in [2.05, 4.69) is 5.32 Å². The highest BCUT2D eigenvalue weighted by molar-refractivity contribution is 5.76. The average Bonchev–Trinajstić information content (AvgIpc) is 2.41. The number of hydrogen-bond donors (Lipinski definition) is 2. The van der Waals surface area contributed by atoms with Gasteiger partial charge in [0, 0.05) is 6.04 Å². The van der Waals surface area contributed by atoms with E-state index in [1.54, 1.807) is 12.1 Å². The van der Waals surface area contributed by atoms with Crippen LogP contribution in [0, 0.1) is 5.82 Å². The molecule has 2 rings (SSSR count). The first-order valence-corrected chi connectivity index (χ1v) is 7.88. The summed E-state index contributed by atoms with van der Waals surface area (Å²) in [7, 11) is 0. The zero-order valence-corrected chi connectivity index (χ0v) is 12.4. The molecule has 0 aliphatic heterocycles. The fourth-order valence-electron chi connectivity index (χ4n) is 2.89. The van der Waals surface area contributed by atoms with Crippen LogP contribution in [-0.4, -0.2) is 17.1 Å². The number of amides is 1. The highest BCUT2D eigenvalue weighted by atomic mass is 19.1. The molecule has 1 aliphatic carbocycles. The van der Waals surface area contributed by atoms with Crippen LogP contribution < -0.4 is 5.32 Å². The first kappa shape index (κ1) is 16.0. The Kier molecular flexibility index (Phi) is 6.18. The van der Waals surface area contributed by atoms with Crippen molar-refractivity contribution in [2.45, 2.75) is 63.5 Å². The summed E-state index contributed by atoms with van der Waals surface area (Å²) < 4.78 is 13.1. The number of carbonyl (C=O) groups excluding carboxylic acids is 1. The van der Waals surface area contributed by atoms with Crippen LogP contribution in [0.15, 0.2) is 24.3 Å². The Balaban J connectivity index is 1.82. The van der Waals surface area contributed by atoms with E-state index in [4.69, 9.17) is 0 Å².